The van der Waals surface area contributed by atoms with Crippen LogP contribution in [0.15, 0.2) is 0 Å². The van der Waals surface area contributed by atoms with Crippen LogP contribution in [0.4, 0.5) is 0 Å². The summed E-state index contributed by atoms with van der Waals surface area (Å²) in [7, 11) is 0. The van der Waals surface area contributed by atoms with Crippen molar-refractivity contribution in [1.29, 1.82) is 0 Å². The van der Waals surface area contributed by atoms with Gasteiger partial charge in [-0.1, -0.05) is 6.92 Å². The Morgan fingerprint density at radius 1 is 1.38 bits per heavy atom. The van der Waals surface area contributed by atoms with E-state index in [0.717, 1.165) is 24.4 Å². The Hall–Kier alpha value is -0.0800. The zero-order chi connectivity index (χ0) is 9.47. The topological polar surface area (TPSA) is 38.0 Å². The van der Waals surface area contributed by atoms with Gasteiger partial charge in [0.05, 0.1) is 0 Å². The number of hydrogen-bond acceptors (Lipinski definition) is 2. The second-order valence-corrected chi connectivity index (χ2v) is 5.43. The molecule has 0 aromatic rings. The molecule has 2 nitrogen and oxygen atoms in total. The first-order valence-corrected chi connectivity index (χ1v) is 5.60. The zero-order valence-corrected chi connectivity index (χ0v) is 8.84. The van der Waals surface area contributed by atoms with Crippen LogP contribution in [0.1, 0.15) is 39.5 Å². The molecule has 2 heteroatoms. The highest BCUT2D eigenvalue weighted by molar-refractivity contribution is 4.98. The van der Waals surface area contributed by atoms with Gasteiger partial charge in [0, 0.05) is 18.1 Å². The van der Waals surface area contributed by atoms with E-state index in [-0.39, 0.29) is 5.54 Å². The lowest BCUT2D eigenvalue weighted by Crippen LogP contribution is -2.52. The van der Waals surface area contributed by atoms with Gasteiger partial charge in [-0.3, -0.25) is 0 Å². The van der Waals surface area contributed by atoms with E-state index < -0.39 is 0 Å². The minimum absolute atomic E-state index is 0.0544. The standard InChI is InChI=1S/C11H22N2/c1-8-5-10(6-8)13-7-11(2,12)9-3-4-9/h8-10,13H,3-7,12H2,1-2H3. The van der Waals surface area contributed by atoms with Crippen LogP contribution in [0, 0.1) is 11.8 Å². The molecule has 1 unspecified atom stereocenters. The van der Waals surface area contributed by atoms with E-state index in [1.165, 1.54) is 25.7 Å². The molecule has 0 aliphatic heterocycles. The summed E-state index contributed by atoms with van der Waals surface area (Å²) in [5.41, 5.74) is 6.28. The van der Waals surface area contributed by atoms with E-state index in [0.29, 0.717) is 0 Å². The Balaban J connectivity index is 1.66. The Labute approximate surface area is 81.3 Å². The summed E-state index contributed by atoms with van der Waals surface area (Å²) in [4.78, 5) is 0. The van der Waals surface area contributed by atoms with Crippen molar-refractivity contribution < 1.29 is 0 Å². The molecule has 2 rings (SSSR count). The Bertz CT molecular complexity index is 179. The van der Waals surface area contributed by atoms with Crippen LogP contribution in [0.3, 0.4) is 0 Å². The third-order valence-electron chi connectivity index (χ3n) is 3.66. The van der Waals surface area contributed by atoms with Crippen LogP contribution < -0.4 is 11.1 Å². The first-order chi connectivity index (χ1) is 6.08. The van der Waals surface area contributed by atoms with Crippen molar-refractivity contribution in [2.75, 3.05) is 6.54 Å². The van der Waals surface area contributed by atoms with E-state index >= 15 is 0 Å². The molecule has 13 heavy (non-hydrogen) atoms. The van der Waals surface area contributed by atoms with Crippen molar-refractivity contribution in [2.45, 2.75) is 51.1 Å². The molecule has 76 valence electrons. The van der Waals surface area contributed by atoms with Crippen molar-refractivity contribution >= 4 is 0 Å². The molecule has 2 aliphatic rings. The first-order valence-electron chi connectivity index (χ1n) is 5.60. The molecule has 0 saturated heterocycles. The normalized spacial score (nSPS) is 38.1. The number of nitrogens with two attached hydrogens (primary N) is 1. The molecule has 0 aromatic carbocycles. The Morgan fingerprint density at radius 3 is 2.46 bits per heavy atom. The fraction of sp³-hybridized carbons (Fsp3) is 1.00. The predicted octanol–water partition coefficient (Wildman–Crippen LogP) is 1.50. The average Bonchev–Trinajstić information content (AvgIpc) is 2.77. The van der Waals surface area contributed by atoms with Crippen molar-refractivity contribution in [3.8, 4) is 0 Å². The van der Waals surface area contributed by atoms with Gasteiger partial charge in [0.15, 0.2) is 0 Å². The molecule has 0 heterocycles. The van der Waals surface area contributed by atoms with Gasteiger partial charge in [-0.15, -0.1) is 0 Å². The van der Waals surface area contributed by atoms with E-state index in [4.69, 9.17) is 5.73 Å². The summed E-state index contributed by atoms with van der Waals surface area (Å²) in [6, 6.07) is 0.761. The summed E-state index contributed by atoms with van der Waals surface area (Å²) < 4.78 is 0. The average molecular weight is 182 g/mol. The van der Waals surface area contributed by atoms with Crippen LogP contribution in [-0.4, -0.2) is 18.1 Å². The second kappa shape index (κ2) is 3.25. The summed E-state index contributed by atoms with van der Waals surface area (Å²) in [5, 5.41) is 3.59. The van der Waals surface area contributed by atoms with Gasteiger partial charge in [-0.05, 0) is 44.4 Å². The molecular formula is C11H22N2. The monoisotopic (exact) mass is 182 g/mol. The minimum atomic E-state index is 0.0544. The lowest BCUT2D eigenvalue weighted by molar-refractivity contribution is 0.222. The first kappa shape index (κ1) is 9.47. The van der Waals surface area contributed by atoms with E-state index in [1.54, 1.807) is 0 Å². The Kier molecular flexibility index (Phi) is 2.37. The molecule has 2 fully saturated rings. The quantitative estimate of drug-likeness (QED) is 0.691. The fourth-order valence-corrected chi connectivity index (χ4v) is 2.32. The maximum absolute atomic E-state index is 6.22. The number of rotatable bonds is 4. The van der Waals surface area contributed by atoms with E-state index in [2.05, 4.69) is 19.2 Å². The summed E-state index contributed by atoms with van der Waals surface area (Å²) in [6.45, 7) is 5.52. The van der Waals surface area contributed by atoms with E-state index in [9.17, 15) is 0 Å². The number of hydrogen-bond donors (Lipinski definition) is 2. The van der Waals surface area contributed by atoms with Crippen molar-refractivity contribution in [1.82, 2.24) is 5.32 Å². The summed E-state index contributed by atoms with van der Waals surface area (Å²) in [6.07, 6.45) is 5.38. The van der Waals surface area contributed by atoms with Crippen molar-refractivity contribution in [3.63, 3.8) is 0 Å². The molecule has 3 N–H and O–H groups in total. The molecule has 0 aromatic heterocycles. The highest BCUT2D eigenvalue weighted by atomic mass is 15.0. The highest BCUT2D eigenvalue weighted by Crippen LogP contribution is 2.38. The molecule has 0 bridgehead atoms. The SMILES string of the molecule is CC1CC(NCC(C)(N)C2CC2)C1. The lowest BCUT2D eigenvalue weighted by Gasteiger charge is -2.36. The van der Waals surface area contributed by atoms with Crippen LogP contribution in [0.5, 0.6) is 0 Å². The predicted molar refractivity (Wildman–Crippen MR) is 55.5 cm³/mol. The van der Waals surface area contributed by atoms with Crippen LogP contribution in [-0.2, 0) is 0 Å². The third-order valence-corrected chi connectivity index (χ3v) is 3.66. The van der Waals surface area contributed by atoms with Gasteiger partial charge in [0.2, 0.25) is 0 Å². The molecule has 2 saturated carbocycles. The molecule has 2 aliphatic carbocycles. The van der Waals surface area contributed by atoms with Crippen molar-refractivity contribution in [3.05, 3.63) is 0 Å². The maximum Gasteiger partial charge on any atom is 0.0280 e. The third kappa shape index (κ3) is 2.23. The molecule has 0 radical (unpaired) electrons. The molecule has 0 spiro atoms. The van der Waals surface area contributed by atoms with Gasteiger partial charge in [-0.2, -0.15) is 0 Å². The maximum atomic E-state index is 6.22. The smallest absolute Gasteiger partial charge is 0.0280 e. The van der Waals surface area contributed by atoms with Gasteiger partial charge in [-0.25, -0.2) is 0 Å². The minimum Gasteiger partial charge on any atom is -0.324 e. The van der Waals surface area contributed by atoms with Crippen molar-refractivity contribution in [2.24, 2.45) is 17.6 Å². The van der Waals surface area contributed by atoms with Crippen LogP contribution in [0.25, 0.3) is 0 Å². The number of nitrogens with one attached hydrogen (secondary N) is 1. The van der Waals surface area contributed by atoms with Gasteiger partial charge in [0.25, 0.3) is 0 Å². The van der Waals surface area contributed by atoms with Crippen LogP contribution in [0.2, 0.25) is 0 Å². The fourth-order valence-electron chi connectivity index (χ4n) is 2.32. The Morgan fingerprint density at radius 2 is 2.00 bits per heavy atom. The van der Waals surface area contributed by atoms with Gasteiger partial charge in [0.1, 0.15) is 0 Å². The molecular weight excluding hydrogens is 160 g/mol. The second-order valence-electron chi connectivity index (χ2n) is 5.43. The highest BCUT2D eigenvalue weighted by Gasteiger charge is 2.39. The zero-order valence-electron chi connectivity index (χ0n) is 8.84. The molecule has 0 amide bonds. The summed E-state index contributed by atoms with van der Waals surface area (Å²) >= 11 is 0. The van der Waals surface area contributed by atoms with Crippen LogP contribution >= 0.6 is 0 Å². The van der Waals surface area contributed by atoms with Gasteiger partial charge < -0.3 is 11.1 Å². The largest absolute Gasteiger partial charge is 0.324 e. The lowest BCUT2D eigenvalue weighted by atomic mass is 9.81. The summed E-state index contributed by atoms with van der Waals surface area (Å²) in [5.74, 6) is 1.72. The molecule has 1 atom stereocenters. The van der Waals surface area contributed by atoms with E-state index in [1.807, 2.05) is 0 Å². The van der Waals surface area contributed by atoms with Gasteiger partial charge >= 0.3 is 0 Å².